The Balaban J connectivity index is 2.06. The zero-order chi connectivity index (χ0) is 14.8. The fourth-order valence-electron chi connectivity index (χ4n) is 2.05. The van der Waals surface area contributed by atoms with Gasteiger partial charge in [0.15, 0.2) is 0 Å². The number of carbonyl (C=O) groups is 1. The molecule has 1 amide bonds. The monoisotopic (exact) mass is 271 g/mol. The Bertz CT molecular complexity index is 591. The van der Waals surface area contributed by atoms with Gasteiger partial charge in [-0.15, -0.1) is 0 Å². The highest BCUT2D eigenvalue weighted by Gasteiger charge is 2.15. The van der Waals surface area contributed by atoms with Crippen LogP contribution in [-0.4, -0.2) is 15.9 Å². The van der Waals surface area contributed by atoms with Crippen molar-refractivity contribution in [1.82, 2.24) is 9.97 Å². The maximum Gasteiger partial charge on any atom is 0.224 e. The van der Waals surface area contributed by atoms with Crippen molar-refractivity contribution in [2.24, 2.45) is 5.41 Å². The van der Waals surface area contributed by atoms with Crippen LogP contribution in [0.2, 0.25) is 0 Å². The molecule has 0 atom stereocenters. The zero-order valence-electron chi connectivity index (χ0n) is 12.4. The molecule has 1 aromatic heterocycles. The Morgan fingerprint density at radius 2 is 1.90 bits per heavy atom. The van der Waals surface area contributed by atoms with Crippen LogP contribution >= 0.6 is 0 Å². The summed E-state index contributed by atoms with van der Waals surface area (Å²) in [5.74, 6) is 0.0428. The molecule has 0 bridgehead atoms. The molecular formula is C16H21N3O. The quantitative estimate of drug-likeness (QED) is 0.893. The topological polar surface area (TPSA) is 57.8 Å². The van der Waals surface area contributed by atoms with Gasteiger partial charge >= 0.3 is 0 Å². The molecule has 0 fully saturated rings. The number of hydrogen-bond acceptors (Lipinski definition) is 2. The summed E-state index contributed by atoms with van der Waals surface area (Å²) in [5, 5.41) is 2.92. The number of carbonyl (C=O) groups excluding carboxylic acids is 1. The third kappa shape index (κ3) is 3.70. The fraction of sp³-hybridized carbons (Fsp3) is 0.375. The van der Waals surface area contributed by atoms with E-state index in [2.05, 4.69) is 36.1 Å². The Morgan fingerprint density at radius 1 is 1.25 bits per heavy atom. The first-order valence-electron chi connectivity index (χ1n) is 6.75. The Labute approximate surface area is 119 Å². The van der Waals surface area contributed by atoms with Crippen LogP contribution in [0.3, 0.4) is 0 Å². The van der Waals surface area contributed by atoms with E-state index in [1.807, 2.05) is 31.2 Å². The van der Waals surface area contributed by atoms with E-state index in [4.69, 9.17) is 0 Å². The molecule has 0 aliphatic carbocycles. The molecule has 1 heterocycles. The summed E-state index contributed by atoms with van der Waals surface area (Å²) in [4.78, 5) is 19.2. The summed E-state index contributed by atoms with van der Waals surface area (Å²) < 4.78 is 0. The van der Waals surface area contributed by atoms with E-state index in [1.165, 1.54) is 0 Å². The number of amides is 1. The lowest BCUT2D eigenvalue weighted by Crippen LogP contribution is -2.19. The highest BCUT2D eigenvalue weighted by molar-refractivity contribution is 5.91. The number of nitrogens with one attached hydrogen (secondary N) is 2. The molecule has 0 saturated heterocycles. The molecule has 106 valence electrons. The predicted molar refractivity (Wildman–Crippen MR) is 81.5 cm³/mol. The van der Waals surface area contributed by atoms with Gasteiger partial charge in [0, 0.05) is 23.4 Å². The number of hydrogen-bond donors (Lipinski definition) is 2. The zero-order valence-corrected chi connectivity index (χ0v) is 12.4. The first-order chi connectivity index (χ1) is 9.35. The third-order valence-corrected chi connectivity index (χ3v) is 2.96. The van der Waals surface area contributed by atoms with Crippen molar-refractivity contribution >= 4 is 11.6 Å². The molecule has 2 rings (SSSR count). The Morgan fingerprint density at radius 3 is 2.40 bits per heavy atom. The van der Waals surface area contributed by atoms with E-state index in [1.54, 1.807) is 6.33 Å². The molecule has 2 aromatic rings. The van der Waals surface area contributed by atoms with Crippen LogP contribution in [0.1, 0.15) is 32.9 Å². The smallest absolute Gasteiger partial charge is 0.224 e. The molecule has 0 spiro atoms. The van der Waals surface area contributed by atoms with Gasteiger partial charge in [-0.1, -0.05) is 32.9 Å². The van der Waals surface area contributed by atoms with Gasteiger partial charge in [-0.25, -0.2) is 4.98 Å². The Kier molecular flexibility index (Phi) is 3.93. The van der Waals surface area contributed by atoms with Crippen LogP contribution in [0, 0.1) is 12.3 Å². The van der Waals surface area contributed by atoms with Crippen LogP contribution in [0.25, 0.3) is 11.3 Å². The van der Waals surface area contributed by atoms with Crippen LogP contribution < -0.4 is 5.32 Å². The first-order valence-corrected chi connectivity index (χ1v) is 6.75. The Hall–Kier alpha value is -2.10. The second kappa shape index (κ2) is 5.49. The van der Waals surface area contributed by atoms with Crippen LogP contribution in [-0.2, 0) is 4.79 Å². The molecule has 20 heavy (non-hydrogen) atoms. The van der Waals surface area contributed by atoms with Crippen molar-refractivity contribution in [1.29, 1.82) is 0 Å². The number of anilines is 1. The fourth-order valence-corrected chi connectivity index (χ4v) is 2.05. The largest absolute Gasteiger partial charge is 0.348 e. The van der Waals surface area contributed by atoms with E-state index >= 15 is 0 Å². The van der Waals surface area contributed by atoms with E-state index in [-0.39, 0.29) is 11.3 Å². The average molecular weight is 271 g/mol. The summed E-state index contributed by atoms with van der Waals surface area (Å²) in [6.07, 6.45) is 2.19. The summed E-state index contributed by atoms with van der Waals surface area (Å²) >= 11 is 0. The summed E-state index contributed by atoms with van der Waals surface area (Å²) in [5.41, 5.74) is 3.83. The van der Waals surface area contributed by atoms with E-state index in [0.717, 1.165) is 22.6 Å². The summed E-state index contributed by atoms with van der Waals surface area (Å²) in [7, 11) is 0. The number of benzene rings is 1. The maximum atomic E-state index is 11.9. The van der Waals surface area contributed by atoms with Gasteiger partial charge in [0.2, 0.25) is 5.91 Å². The molecule has 1 aromatic carbocycles. The molecule has 2 N–H and O–H groups in total. The molecule has 0 radical (unpaired) electrons. The van der Waals surface area contributed by atoms with Crippen molar-refractivity contribution in [3.63, 3.8) is 0 Å². The number of rotatable bonds is 3. The molecule has 0 aliphatic rings. The second-order valence-corrected chi connectivity index (χ2v) is 6.24. The maximum absolute atomic E-state index is 11.9. The predicted octanol–water partition coefficient (Wildman–Crippen LogP) is 3.76. The van der Waals surface area contributed by atoms with Gasteiger partial charge < -0.3 is 10.3 Å². The lowest BCUT2D eigenvalue weighted by molar-refractivity contribution is -0.117. The normalized spacial score (nSPS) is 11.4. The minimum Gasteiger partial charge on any atom is -0.348 e. The van der Waals surface area contributed by atoms with Crippen molar-refractivity contribution in [3.8, 4) is 11.3 Å². The SMILES string of the molecule is Cc1[nH]cnc1-c1ccc(NC(=O)CC(C)(C)C)cc1. The molecule has 0 aliphatic heterocycles. The van der Waals surface area contributed by atoms with E-state index in [0.29, 0.717) is 6.42 Å². The number of aromatic amines is 1. The summed E-state index contributed by atoms with van der Waals surface area (Å²) in [6.45, 7) is 8.14. The second-order valence-electron chi connectivity index (χ2n) is 6.24. The van der Waals surface area contributed by atoms with Crippen molar-refractivity contribution in [2.45, 2.75) is 34.1 Å². The average Bonchev–Trinajstić information content (AvgIpc) is 2.74. The van der Waals surface area contributed by atoms with Crippen molar-refractivity contribution < 1.29 is 4.79 Å². The number of nitrogens with zero attached hydrogens (tertiary/aromatic N) is 1. The van der Waals surface area contributed by atoms with Gasteiger partial charge in [0.05, 0.1) is 12.0 Å². The molecule has 4 nitrogen and oxygen atoms in total. The van der Waals surface area contributed by atoms with Crippen LogP contribution in [0.4, 0.5) is 5.69 Å². The number of aryl methyl sites for hydroxylation is 1. The molecule has 0 saturated carbocycles. The number of H-pyrrole nitrogens is 1. The number of imidazole rings is 1. The van der Waals surface area contributed by atoms with E-state index < -0.39 is 0 Å². The lowest BCUT2D eigenvalue weighted by Gasteiger charge is -2.17. The number of aromatic nitrogens is 2. The van der Waals surface area contributed by atoms with Gasteiger partial charge in [0.25, 0.3) is 0 Å². The van der Waals surface area contributed by atoms with Gasteiger partial charge in [-0.2, -0.15) is 0 Å². The highest BCUT2D eigenvalue weighted by atomic mass is 16.1. The standard InChI is InChI=1S/C16H21N3O/c1-11-15(18-10-17-11)12-5-7-13(8-6-12)19-14(20)9-16(2,3)4/h5-8,10H,9H2,1-4H3,(H,17,18)(H,19,20). The van der Waals surface area contributed by atoms with Crippen molar-refractivity contribution in [3.05, 3.63) is 36.3 Å². The highest BCUT2D eigenvalue weighted by Crippen LogP contribution is 2.23. The van der Waals surface area contributed by atoms with Gasteiger partial charge in [0.1, 0.15) is 0 Å². The third-order valence-electron chi connectivity index (χ3n) is 2.96. The first kappa shape index (κ1) is 14.3. The minimum absolute atomic E-state index is 0.00379. The van der Waals surface area contributed by atoms with Crippen LogP contribution in [0.5, 0.6) is 0 Å². The van der Waals surface area contributed by atoms with Gasteiger partial charge in [-0.3, -0.25) is 4.79 Å². The van der Waals surface area contributed by atoms with E-state index in [9.17, 15) is 4.79 Å². The van der Waals surface area contributed by atoms with Crippen molar-refractivity contribution in [2.75, 3.05) is 5.32 Å². The van der Waals surface area contributed by atoms with Gasteiger partial charge in [-0.05, 0) is 24.5 Å². The lowest BCUT2D eigenvalue weighted by atomic mass is 9.92. The summed E-state index contributed by atoms with van der Waals surface area (Å²) in [6, 6.07) is 7.75. The minimum atomic E-state index is -0.00379. The molecule has 4 heteroatoms. The molecule has 0 unspecified atom stereocenters. The molecular weight excluding hydrogens is 250 g/mol. The van der Waals surface area contributed by atoms with Crippen LogP contribution in [0.15, 0.2) is 30.6 Å².